The molecule has 0 unspecified atom stereocenters. The van der Waals surface area contributed by atoms with Gasteiger partial charge in [0.05, 0.1) is 17.4 Å². The molecule has 2 aromatic rings. The van der Waals surface area contributed by atoms with E-state index >= 15 is 0 Å². The molecule has 2 fully saturated rings. The molecule has 2 heterocycles. The second-order valence-corrected chi connectivity index (χ2v) is 8.28. The Labute approximate surface area is 182 Å². The monoisotopic (exact) mass is 424 g/mol. The Morgan fingerprint density at radius 2 is 1.71 bits per heavy atom. The van der Waals surface area contributed by atoms with Gasteiger partial charge in [-0.1, -0.05) is 31.4 Å². The van der Waals surface area contributed by atoms with Crippen LogP contribution in [-0.4, -0.2) is 54.0 Å². The van der Waals surface area contributed by atoms with Crippen LogP contribution in [0, 0.1) is 10.1 Å². The number of anilines is 1. The van der Waals surface area contributed by atoms with Gasteiger partial charge in [0.2, 0.25) is 5.91 Å². The smallest absolute Gasteiger partial charge is 0.287 e. The number of carbonyl (C=O) groups is 1. The van der Waals surface area contributed by atoms with Crippen molar-refractivity contribution in [3.63, 3.8) is 0 Å². The van der Waals surface area contributed by atoms with E-state index in [1.807, 2.05) is 29.2 Å². The fourth-order valence-electron chi connectivity index (χ4n) is 4.81. The number of pyridine rings is 1. The lowest BCUT2D eigenvalue weighted by Crippen LogP contribution is -2.55. The fraction of sp³-hybridized carbons (Fsp3) is 0.478. The maximum Gasteiger partial charge on any atom is 0.287 e. The summed E-state index contributed by atoms with van der Waals surface area (Å²) in [6.07, 6.45) is 6.33. The number of piperazine rings is 1. The van der Waals surface area contributed by atoms with Gasteiger partial charge in [-0.2, -0.15) is 0 Å². The summed E-state index contributed by atoms with van der Waals surface area (Å²) in [6, 6.07) is 11.1. The first-order valence-corrected chi connectivity index (χ1v) is 10.8. The Balaban J connectivity index is 1.48. The molecule has 0 bridgehead atoms. The zero-order chi connectivity index (χ0) is 21.8. The number of hydrogen-bond acceptors (Lipinski definition) is 6. The number of amides is 1. The van der Waals surface area contributed by atoms with E-state index in [1.165, 1.54) is 18.7 Å². The Morgan fingerprint density at radius 1 is 1.03 bits per heavy atom. The number of ether oxygens (including phenoxy) is 1. The first-order valence-electron chi connectivity index (χ1n) is 10.8. The van der Waals surface area contributed by atoms with Crippen LogP contribution in [0.3, 0.4) is 0 Å². The van der Waals surface area contributed by atoms with Gasteiger partial charge >= 0.3 is 0 Å². The lowest BCUT2D eigenvalue weighted by atomic mass is 9.68. The standard InChI is InChI=1S/C23H28N4O4/c1-31-20-8-5-18(6-9-20)23(11-3-2-4-12-23)22(28)26-15-13-25(14-16-26)21-10-7-19(17-24-21)27(29)30/h5-10,17H,2-4,11-16H2,1H3. The zero-order valence-corrected chi connectivity index (χ0v) is 17.8. The summed E-state index contributed by atoms with van der Waals surface area (Å²) < 4.78 is 5.30. The van der Waals surface area contributed by atoms with E-state index < -0.39 is 10.3 Å². The third-order valence-electron chi connectivity index (χ3n) is 6.59. The van der Waals surface area contributed by atoms with Crippen LogP contribution in [0.15, 0.2) is 42.6 Å². The molecule has 0 spiro atoms. The molecule has 1 aromatic heterocycles. The Bertz CT molecular complexity index is 916. The van der Waals surface area contributed by atoms with Gasteiger partial charge in [-0.3, -0.25) is 14.9 Å². The summed E-state index contributed by atoms with van der Waals surface area (Å²) in [7, 11) is 1.65. The van der Waals surface area contributed by atoms with Crippen molar-refractivity contribution in [3.05, 3.63) is 58.3 Å². The molecule has 0 radical (unpaired) electrons. The van der Waals surface area contributed by atoms with Crippen molar-refractivity contribution in [1.82, 2.24) is 9.88 Å². The molecular weight excluding hydrogens is 396 g/mol. The van der Waals surface area contributed by atoms with Crippen LogP contribution in [0.25, 0.3) is 0 Å². The molecule has 1 saturated heterocycles. The average molecular weight is 425 g/mol. The summed E-state index contributed by atoms with van der Waals surface area (Å²) in [4.78, 5) is 32.5. The molecule has 1 amide bonds. The van der Waals surface area contributed by atoms with Crippen LogP contribution in [0.2, 0.25) is 0 Å². The van der Waals surface area contributed by atoms with Gasteiger partial charge in [0.1, 0.15) is 17.8 Å². The Kier molecular flexibility index (Phi) is 6.06. The molecule has 0 atom stereocenters. The highest BCUT2D eigenvalue weighted by molar-refractivity contribution is 5.88. The van der Waals surface area contributed by atoms with E-state index in [-0.39, 0.29) is 11.6 Å². The third kappa shape index (κ3) is 4.19. The van der Waals surface area contributed by atoms with Gasteiger partial charge in [-0.25, -0.2) is 4.98 Å². The van der Waals surface area contributed by atoms with Crippen molar-refractivity contribution >= 4 is 17.4 Å². The minimum Gasteiger partial charge on any atom is -0.497 e. The minimum absolute atomic E-state index is 0.0173. The number of nitrogens with zero attached hydrogens (tertiary/aromatic N) is 4. The Morgan fingerprint density at radius 3 is 2.26 bits per heavy atom. The quantitative estimate of drug-likeness (QED) is 0.539. The molecule has 8 heteroatoms. The Hall–Kier alpha value is -3.16. The normalized spacial score (nSPS) is 18.5. The molecule has 8 nitrogen and oxygen atoms in total. The second-order valence-electron chi connectivity index (χ2n) is 8.28. The SMILES string of the molecule is COc1ccc(C2(C(=O)N3CCN(c4ccc([N+](=O)[O-])cn4)CC3)CCCCC2)cc1. The summed E-state index contributed by atoms with van der Waals surface area (Å²) in [6.45, 7) is 2.56. The van der Waals surface area contributed by atoms with Crippen molar-refractivity contribution in [2.45, 2.75) is 37.5 Å². The summed E-state index contributed by atoms with van der Waals surface area (Å²) >= 11 is 0. The number of carbonyl (C=O) groups excluding carboxylic acids is 1. The van der Waals surface area contributed by atoms with Crippen LogP contribution >= 0.6 is 0 Å². The van der Waals surface area contributed by atoms with Crippen LogP contribution in [0.5, 0.6) is 5.75 Å². The summed E-state index contributed by atoms with van der Waals surface area (Å²) in [5.41, 5.74) is 0.604. The largest absolute Gasteiger partial charge is 0.497 e. The molecule has 0 N–H and O–H groups in total. The van der Waals surface area contributed by atoms with Gasteiger partial charge in [0, 0.05) is 32.2 Å². The molecule has 2 aliphatic rings. The summed E-state index contributed by atoms with van der Waals surface area (Å²) in [5, 5.41) is 10.8. The number of hydrogen-bond donors (Lipinski definition) is 0. The molecular formula is C23H28N4O4. The lowest BCUT2D eigenvalue weighted by molar-refractivity contribution is -0.385. The van der Waals surface area contributed by atoms with Gasteiger partial charge in [0.25, 0.3) is 5.69 Å². The fourth-order valence-corrected chi connectivity index (χ4v) is 4.81. The van der Waals surface area contributed by atoms with Gasteiger partial charge < -0.3 is 14.5 Å². The predicted octanol–water partition coefficient (Wildman–Crippen LogP) is 3.55. The summed E-state index contributed by atoms with van der Waals surface area (Å²) in [5.74, 6) is 1.72. The highest BCUT2D eigenvalue weighted by Gasteiger charge is 2.44. The molecule has 1 aliphatic carbocycles. The van der Waals surface area contributed by atoms with Crippen LogP contribution in [0.1, 0.15) is 37.7 Å². The van der Waals surface area contributed by atoms with Crippen LogP contribution < -0.4 is 9.64 Å². The maximum atomic E-state index is 13.8. The molecule has 31 heavy (non-hydrogen) atoms. The van der Waals surface area contributed by atoms with E-state index in [4.69, 9.17) is 4.74 Å². The molecule has 1 saturated carbocycles. The zero-order valence-electron chi connectivity index (χ0n) is 17.8. The lowest BCUT2D eigenvalue weighted by Gasteiger charge is -2.43. The van der Waals surface area contributed by atoms with Gasteiger partial charge in [-0.15, -0.1) is 0 Å². The number of aromatic nitrogens is 1. The highest BCUT2D eigenvalue weighted by Crippen LogP contribution is 2.41. The predicted molar refractivity (Wildman–Crippen MR) is 117 cm³/mol. The van der Waals surface area contributed by atoms with Gasteiger partial charge in [-0.05, 0) is 36.6 Å². The topological polar surface area (TPSA) is 88.8 Å². The number of nitro groups is 1. The van der Waals surface area contributed by atoms with E-state index in [2.05, 4.69) is 9.88 Å². The number of methoxy groups -OCH3 is 1. The van der Waals surface area contributed by atoms with Crippen molar-refractivity contribution < 1.29 is 14.5 Å². The number of rotatable bonds is 5. The first-order chi connectivity index (χ1) is 15.0. The van der Waals surface area contributed by atoms with Crippen molar-refractivity contribution in [1.29, 1.82) is 0 Å². The number of benzene rings is 1. The van der Waals surface area contributed by atoms with Crippen molar-refractivity contribution in [2.75, 3.05) is 38.2 Å². The van der Waals surface area contributed by atoms with E-state index in [0.717, 1.165) is 37.0 Å². The molecule has 4 rings (SSSR count). The molecule has 1 aromatic carbocycles. The highest BCUT2D eigenvalue weighted by atomic mass is 16.6. The van der Waals surface area contributed by atoms with Crippen LogP contribution in [0.4, 0.5) is 11.5 Å². The molecule has 164 valence electrons. The average Bonchev–Trinajstić information content (AvgIpc) is 2.84. The molecule has 1 aliphatic heterocycles. The van der Waals surface area contributed by atoms with E-state index in [9.17, 15) is 14.9 Å². The van der Waals surface area contributed by atoms with E-state index in [0.29, 0.717) is 32.0 Å². The third-order valence-corrected chi connectivity index (χ3v) is 6.59. The minimum atomic E-state index is -0.460. The first kappa shape index (κ1) is 21.1. The van der Waals surface area contributed by atoms with Crippen molar-refractivity contribution in [2.24, 2.45) is 0 Å². The van der Waals surface area contributed by atoms with Crippen LogP contribution in [-0.2, 0) is 10.2 Å². The second kappa shape index (κ2) is 8.91. The van der Waals surface area contributed by atoms with Crippen molar-refractivity contribution in [3.8, 4) is 5.75 Å². The maximum absolute atomic E-state index is 13.8. The van der Waals surface area contributed by atoms with E-state index in [1.54, 1.807) is 13.2 Å². The van der Waals surface area contributed by atoms with Gasteiger partial charge in [0.15, 0.2) is 0 Å².